The number of rotatable bonds is 6. The first-order valence-electron chi connectivity index (χ1n) is 20.2. The molecule has 0 unspecified atom stereocenters. The van der Waals surface area contributed by atoms with Gasteiger partial charge in [-0.3, -0.25) is 0 Å². The number of aromatic nitrogens is 1. The summed E-state index contributed by atoms with van der Waals surface area (Å²) >= 11 is 1.76. The van der Waals surface area contributed by atoms with E-state index in [0.717, 1.165) is 104 Å². The number of nitriles is 2. The van der Waals surface area contributed by atoms with Crippen LogP contribution in [0.4, 0.5) is 0 Å². The molecule has 3 aromatic heterocycles. The van der Waals surface area contributed by atoms with Crippen molar-refractivity contribution >= 4 is 78.7 Å². The van der Waals surface area contributed by atoms with Crippen molar-refractivity contribution in [1.29, 1.82) is 10.5 Å². The number of furan rings is 2. The van der Waals surface area contributed by atoms with Gasteiger partial charge in [-0.1, -0.05) is 91.6 Å². The highest BCUT2D eigenvalue weighted by Gasteiger charge is 2.19. The summed E-state index contributed by atoms with van der Waals surface area (Å²) in [5.74, 6) is 0. The largest absolute Gasteiger partial charge is 0.456 e. The van der Waals surface area contributed by atoms with Gasteiger partial charge in [0, 0.05) is 27.1 Å². The van der Waals surface area contributed by atoms with Crippen LogP contribution < -0.4 is 5.19 Å². The predicted octanol–water partition coefficient (Wildman–Crippen LogP) is 14.7. The van der Waals surface area contributed by atoms with E-state index < -0.39 is 8.07 Å². The maximum Gasteiger partial charge on any atom is 0.136 e. The quantitative estimate of drug-likeness (QED) is 0.156. The first-order chi connectivity index (χ1) is 29.7. The van der Waals surface area contributed by atoms with Crippen LogP contribution in [0.25, 0.3) is 109 Å². The minimum atomic E-state index is -1.49. The van der Waals surface area contributed by atoms with Gasteiger partial charge in [-0.15, -0.1) is 11.3 Å². The Morgan fingerprint density at radius 1 is 0.426 bits per heavy atom. The molecule has 8 aromatic carbocycles. The molecule has 0 aliphatic rings. The predicted molar refractivity (Wildman–Crippen MR) is 254 cm³/mol. The summed E-state index contributed by atoms with van der Waals surface area (Å²) in [6, 6.07) is 59.3. The van der Waals surface area contributed by atoms with E-state index >= 15 is 0 Å². The van der Waals surface area contributed by atoms with Crippen molar-refractivity contribution in [1.82, 2.24) is 4.98 Å². The lowest BCUT2D eigenvalue weighted by atomic mass is 9.94. The van der Waals surface area contributed by atoms with Crippen LogP contribution in [0.3, 0.4) is 0 Å². The van der Waals surface area contributed by atoms with Crippen LogP contribution in [0, 0.1) is 22.7 Å². The molecule has 0 saturated heterocycles. The third kappa shape index (κ3) is 6.49. The molecule has 0 amide bonds. The Hall–Kier alpha value is -7.55. The van der Waals surface area contributed by atoms with Gasteiger partial charge in [0.15, 0.2) is 0 Å². The van der Waals surface area contributed by atoms with Crippen LogP contribution in [0.15, 0.2) is 167 Å². The first-order valence-corrected chi connectivity index (χ1v) is 24.5. The van der Waals surface area contributed by atoms with Gasteiger partial charge in [0.25, 0.3) is 0 Å². The molecular weight excluding hydrogens is 783 g/mol. The second kappa shape index (κ2) is 14.0. The average Bonchev–Trinajstić information content (AvgIpc) is 4.00. The lowest BCUT2D eigenvalue weighted by Crippen LogP contribution is -2.37. The molecule has 0 radical (unpaired) electrons. The van der Waals surface area contributed by atoms with Gasteiger partial charge in [-0.05, 0) is 136 Å². The number of benzene rings is 8. The Morgan fingerprint density at radius 3 is 1.30 bits per heavy atom. The van der Waals surface area contributed by atoms with Crippen LogP contribution >= 0.6 is 11.3 Å². The van der Waals surface area contributed by atoms with Crippen LogP contribution in [-0.2, 0) is 0 Å². The molecule has 11 rings (SSSR count). The Balaban J connectivity index is 0.965. The van der Waals surface area contributed by atoms with Crippen LogP contribution in [-0.4, -0.2) is 13.1 Å². The fourth-order valence-electron chi connectivity index (χ4n) is 8.36. The number of hydrogen-bond donors (Lipinski definition) is 0. The summed E-state index contributed by atoms with van der Waals surface area (Å²) in [5.41, 5.74) is 15.1. The zero-order valence-electron chi connectivity index (χ0n) is 33.6. The van der Waals surface area contributed by atoms with Crippen molar-refractivity contribution in [2.24, 2.45) is 0 Å². The molecule has 0 aliphatic carbocycles. The minimum Gasteiger partial charge on any atom is -0.456 e. The summed E-state index contributed by atoms with van der Waals surface area (Å²) in [6.07, 6.45) is 0. The molecular formula is C54H35N3O2SSi. The minimum absolute atomic E-state index is 0.584. The number of thiazole rings is 1. The van der Waals surface area contributed by atoms with Crippen molar-refractivity contribution in [3.63, 3.8) is 0 Å². The van der Waals surface area contributed by atoms with Crippen LogP contribution in [0.1, 0.15) is 11.1 Å². The monoisotopic (exact) mass is 817 g/mol. The average molecular weight is 818 g/mol. The van der Waals surface area contributed by atoms with Crippen LogP contribution in [0.2, 0.25) is 19.6 Å². The van der Waals surface area contributed by atoms with E-state index in [4.69, 9.17) is 13.8 Å². The Bertz CT molecular complexity index is 3450. The Labute approximate surface area is 357 Å². The molecule has 11 aromatic rings. The van der Waals surface area contributed by atoms with E-state index in [-0.39, 0.29) is 0 Å². The first kappa shape index (κ1) is 36.5. The topological polar surface area (TPSA) is 86.8 Å². The molecule has 0 atom stereocenters. The van der Waals surface area contributed by atoms with Gasteiger partial charge < -0.3 is 8.83 Å². The lowest BCUT2D eigenvalue weighted by molar-refractivity contribution is 0.668. The van der Waals surface area contributed by atoms with Crippen molar-refractivity contribution in [2.75, 3.05) is 0 Å². The van der Waals surface area contributed by atoms with Crippen LogP contribution in [0.5, 0.6) is 0 Å². The Kier molecular flexibility index (Phi) is 8.40. The van der Waals surface area contributed by atoms with Gasteiger partial charge in [0.05, 0.1) is 41.6 Å². The number of fused-ring (bicyclic) bond motifs is 7. The van der Waals surface area contributed by atoms with Crippen molar-refractivity contribution in [2.45, 2.75) is 19.6 Å². The highest BCUT2D eigenvalue weighted by atomic mass is 32.1. The molecule has 0 saturated carbocycles. The Morgan fingerprint density at radius 2 is 0.836 bits per heavy atom. The SMILES string of the molecule is C[Si](C)(C)c1ccc2nc(-c3cc(-c4ccc(-c5ccc6c(c5)oc5cc(C#N)ccc56)cc4)cc(-c4ccc(-c5ccc6c(c5)oc5cc(C#N)ccc56)cc4)c3)sc2c1. The highest BCUT2D eigenvalue weighted by Crippen LogP contribution is 2.39. The summed E-state index contributed by atoms with van der Waals surface area (Å²) in [6.45, 7) is 7.15. The fourth-order valence-corrected chi connectivity index (χ4v) is 10.6. The van der Waals surface area contributed by atoms with Crippen molar-refractivity contribution in [3.8, 4) is 67.2 Å². The van der Waals surface area contributed by atoms with Crippen molar-refractivity contribution in [3.05, 3.63) is 169 Å². The highest BCUT2D eigenvalue weighted by molar-refractivity contribution is 7.21. The number of hydrogen-bond acceptors (Lipinski definition) is 6. The third-order valence-electron chi connectivity index (χ3n) is 11.7. The molecule has 3 heterocycles. The molecule has 288 valence electrons. The molecule has 5 nitrogen and oxygen atoms in total. The maximum atomic E-state index is 9.38. The summed E-state index contributed by atoms with van der Waals surface area (Å²) in [5, 5.41) is 25.3. The van der Waals surface area contributed by atoms with Gasteiger partial charge in [-0.2, -0.15) is 10.5 Å². The molecule has 61 heavy (non-hydrogen) atoms. The zero-order valence-corrected chi connectivity index (χ0v) is 35.4. The fraction of sp³-hybridized carbons (Fsp3) is 0.0556. The van der Waals surface area contributed by atoms with Crippen molar-refractivity contribution < 1.29 is 8.83 Å². The molecule has 7 heteroatoms. The maximum absolute atomic E-state index is 9.38. The van der Waals surface area contributed by atoms with E-state index in [9.17, 15) is 10.5 Å². The summed E-state index contributed by atoms with van der Waals surface area (Å²) < 4.78 is 13.6. The normalized spacial score (nSPS) is 11.8. The van der Waals surface area contributed by atoms with Gasteiger partial charge in [-0.25, -0.2) is 4.98 Å². The van der Waals surface area contributed by atoms with E-state index in [1.807, 2.05) is 24.3 Å². The summed E-state index contributed by atoms with van der Waals surface area (Å²) in [7, 11) is -1.49. The second-order valence-electron chi connectivity index (χ2n) is 16.7. The zero-order chi connectivity index (χ0) is 41.4. The molecule has 0 aliphatic heterocycles. The number of nitrogens with zero attached hydrogens (tertiary/aromatic N) is 3. The molecule has 0 spiro atoms. The van der Waals surface area contributed by atoms with E-state index in [0.29, 0.717) is 11.1 Å². The standard InChI is InChI=1S/C54H35N3O2SSi/c1-61(2,3)43-16-21-48-53(29-43)60-54(57-48)42-25-40(36-10-6-34(7-11-36)38-14-19-46-44-17-4-32(30-55)22-49(44)58-51(46)27-38)24-41(26-42)37-12-8-35(9-13-37)39-15-20-47-45-18-5-33(31-56)23-50(45)59-52(47)28-39/h4-29H,1-3H3. The molecule has 0 N–H and O–H groups in total. The van der Waals surface area contributed by atoms with Gasteiger partial charge in [0.2, 0.25) is 0 Å². The lowest BCUT2D eigenvalue weighted by Gasteiger charge is -2.15. The summed E-state index contributed by atoms with van der Waals surface area (Å²) in [4.78, 5) is 5.17. The molecule has 0 bridgehead atoms. The van der Waals surface area contributed by atoms with E-state index in [1.165, 1.54) is 9.89 Å². The third-order valence-corrected chi connectivity index (χ3v) is 14.9. The van der Waals surface area contributed by atoms with E-state index in [1.54, 1.807) is 23.5 Å². The smallest absolute Gasteiger partial charge is 0.136 e. The van der Waals surface area contributed by atoms with Gasteiger partial charge in [0.1, 0.15) is 27.3 Å². The molecule has 0 fully saturated rings. The van der Waals surface area contributed by atoms with Gasteiger partial charge >= 0.3 is 0 Å². The second-order valence-corrected chi connectivity index (χ2v) is 22.8. The van der Waals surface area contributed by atoms with E-state index in [2.05, 4.69) is 153 Å².